The van der Waals surface area contributed by atoms with Crippen LogP contribution in [0.25, 0.3) is 0 Å². The largest absolute Gasteiger partial charge is 0.497 e. The predicted molar refractivity (Wildman–Crippen MR) is 87.3 cm³/mol. The molecule has 0 aromatic heterocycles. The molecule has 1 saturated heterocycles. The Hall–Kier alpha value is -1.55. The highest BCUT2D eigenvalue weighted by Gasteiger charge is 2.37. The highest BCUT2D eigenvalue weighted by Crippen LogP contribution is 2.28. The van der Waals surface area contributed by atoms with Crippen LogP contribution in [-0.2, 0) is 4.79 Å². The molecule has 120 valence electrons. The molecule has 1 aliphatic heterocycles. The molecule has 1 unspecified atom stereocenters. The SMILES string of the molecule is COc1cccc(NC(=O)C[NH+]2CCC[C@H]3CCCC[C@@H]32)c1. The topological polar surface area (TPSA) is 42.8 Å². The molecule has 0 radical (unpaired) electrons. The van der Waals surface area contributed by atoms with E-state index in [2.05, 4.69) is 5.32 Å². The van der Waals surface area contributed by atoms with E-state index in [1.807, 2.05) is 24.3 Å². The summed E-state index contributed by atoms with van der Waals surface area (Å²) in [6, 6.07) is 8.28. The van der Waals surface area contributed by atoms with Gasteiger partial charge in [0.25, 0.3) is 5.91 Å². The number of likely N-dealkylation sites (tertiary alicyclic amines) is 1. The van der Waals surface area contributed by atoms with Crippen molar-refractivity contribution in [2.75, 3.05) is 25.5 Å². The number of anilines is 1. The number of quaternary nitrogens is 1. The highest BCUT2D eigenvalue weighted by atomic mass is 16.5. The number of piperidine rings is 1. The standard InChI is InChI=1S/C18H26N2O2/c1-22-16-9-4-8-15(12-16)19-18(21)13-20-11-5-7-14-6-2-3-10-17(14)20/h4,8-9,12,14,17H,2-3,5-7,10-11,13H2,1H3,(H,19,21)/p+1/t14-,17+/m1/s1. The van der Waals surface area contributed by atoms with Gasteiger partial charge in [0, 0.05) is 17.7 Å². The summed E-state index contributed by atoms with van der Waals surface area (Å²) in [5, 5.41) is 3.02. The Morgan fingerprint density at radius 2 is 2.09 bits per heavy atom. The smallest absolute Gasteiger partial charge is 0.279 e. The summed E-state index contributed by atoms with van der Waals surface area (Å²) in [7, 11) is 1.64. The number of benzene rings is 1. The van der Waals surface area contributed by atoms with Gasteiger partial charge >= 0.3 is 0 Å². The van der Waals surface area contributed by atoms with E-state index in [-0.39, 0.29) is 5.91 Å². The van der Waals surface area contributed by atoms with Crippen LogP contribution in [0.15, 0.2) is 24.3 Å². The maximum Gasteiger partial charge on any atom is 0.279 e. The molecule has 1 saturated carbocycles. The van der Waals surface area contributed by atoms with Crippen LogP contribution >= 0.6 is 0 Å². The number of carbonyl (C=O) groups is 1. The lowest BCUT2D eigenvalue weighted by molar-refractivity contribution is -0.928. The van der Waals surface area contributed by atoms with Crippen molar-refractivity contribution < 1.29 is 14.4 Å². The monoisotopic (exact) mass is 303 g/mol. The van der Waals surface area contributed by atoms with E-state index in [9.17, 15) is 4.79 Å². The van der Waals surface area contributed by atoms with Gasteiger partial charge in [-0.15, -0.1) is 0 Å². The molecule has 1 heterocycles. The molecule has 22 heavy (non-hydrogen) atoms. The Labute approximate surface area is 132 Å². The van der Waals surface area contributed by atoms with Crippen molar-refractivity contribution in [3.63, 3.8) is 0 Å². The zero-order valence-electron chi connectivity index (χ0n) is 13.4. The summed E-state index contributed by atoms with van der Waals surface area (Å²) >= 11 is 0. The second-order valence-electron chi connectivity index (χ2n) is 6.66. The van der Waals surface area contributed by atoms with Crippen molar-refractivity contribution in [1.82, 2.24) is 0 Å². The molecule has 1 aromatic rings. The summed E-state index contributed by atoms with van der Waals surface area (Å²) in [6.07, 6.45) is 8.01. The van der Waals surface area contributed by atoms with E-state index in [1.54, 1.807) is 7.11 Å². The number of nitrogens with one attached hydrogen (secondary N) is 2. The second-order valence-corrected chi connectivity index (χ2v) is 6.66. The Morgan fingerprint density at radius 1 is 1.27 bits per heavy atom. The van der Waals surface area contributed by atoms with Crippen molar-refractivity contribution in [2.45, 2.75) is 44.6 Å². The Morgan fingerprint density at radius 3 is 2.95 bits per heavy atom. The first-order valence-corrected chi connectivity index (χ1v) is 8.55. The van der Waals surface area contributed by atoms with E-state index in [0.717, 1.165) is 23.9 Å². The number of fused-ring (bicyclic) bond motifs is 1. The average molecular weight is 303 g/mol. The Bertz CT molecular complexity index is 516. The van der Waals surface area contributed by atoms with E-state index in [0.29, 0.717) is 12.6 Å². The van der Waals surface area contributed by atoms with Crippen molar-refractivity contribution in [3.8, 4) is 5.75 Å². The van der Waals surface area contributed by atoms with Crippen LogP contribution < -0.4 is 15.0 Å². The summed E-state index contributed by atoms with van der Waals surface area (Å²) in [5.41, 5.74) is 0.820. The average Bonchev–Trinajstić information content (AvgIpc) is 2.55. The highest BCUT2D eigenvalue weighted by molar-refractivity contribution is 5.91. The fourth-order valence-electron chi connectivity index (χ4n) is 4.20. The molecule has 1 amide bonds. The molecular weight excluding hydrogens is 276 g/mol. The number of carbonyl (C=O) groups excluding carboxylic acids is 1. The van der Waals surface area contributed by atoms with Crippen LogP contribution in [0.5, 0.6) is 5.75 Å². The maximum absolute atomic E-state index is 12.4. The maximum atomic E-state index is 12.4. The van der Waals surface area contributed by atoms with Gasteiger partial charge in [0.05, 0.1) is 19.7 Å². The van der Waals surface area contributed by atoms with Crippen LogP contribution in [0.1, 0.15) is 38.5 Å². The summed E-state index contributed by atoms with van der Waals surface area (Å²) < 4.78 is 5.20. The van der Waals surface area contributed by atoms with Crippen LogP contribution in [-0.4, -0.2) is 32.1 Å². The van der Waals surface area contributed by atoms with Gasteiger partial charge in [-0.05, 0) is 44.2 Å². The van der Waals surface area contributed by atoms with Crippen molar-refractivity contribution >= 4 is 11.6 Å². The summed E-state index contributed by atoms with van der Waals surface area (Å²) in [5.74, 6) is 1.74. The van der Waals surface area contributed by atoms with E-state index in [1.165, 1.54) is 43.4 Å². The first-order chi connectivity index (χ1) is 10.8. The van der Waals surface area contributed by atoms with Crippen LogP contribution in [0.4, 0.5) is 5.69 Å². The number of amides is 1. The zero-order valence-corrected chi connectivity index (χ0v) is 13.4. The van der Waals surface area contributed by atoms with Crippen LogP contribution in [0.2, 0.25) is 0 Å². The Balaban J connectivity index is 1.58. The van der Waals surface area contributed by atoms with Crippen LogP contribution in [0, 0.1) is 5.92 Å². The first-order valence-electron chi connectivity index (χ1n) is 8.55. The molecule has 2 N–H and O–H groups in total. The van der Waals surface area contributed by atoms with E-state index in [4.69, 9.17) is 4.74 Å². The van der Waals surface area contributed by atoms with Crippen molar-refractivity contribution in [1.29, 1.82) is 0 Å². The normalized spacial score (nSPS) is 27.8. The number of ether oxygens (including phenoxy) is 1. The van der Waals surface area contributed by atoms with Gasteiger partial charge in [0.2, 0.25) is 0 Å². The van der Waals surface area contributed by atoms with E-state index < -0.39 is 0 Å². The van der Waals surface area contributed by atoms with Gasteiger partial charge in [0.15, 0.2) is 6.54 Å². The van der Waals surface area contributed by atoms with E-state index >= 15 is 0 Å². The van der Waals surface area contributed by atoms with Gasteiger partial charge in [-0.1, -0.05) is 12.5 Å². The van der Waals surface area contributed by atoms with Gasteiger partial charge in [-0.25, -0.2) is 0 Å². The lowest BCUT2D eigenvalue weighted by Gasteiger charge is -2.40. The zero-order chi connectivity index (χ0) is 15.4. The van der Waals surface area contributed by atoms with Gasteiger partial charge in [-0.2, -0.15) is 0 Å². The molecule has 2 fully saturated rings. The van der Waals surface area contributed by atoms with Gasteiger partial charge in [-0.3, -0.25) is 4.79 Å². The van der Waals surface area contributed by atoms with Gasteiger partial charge in [0.1, 0.15) is 5.75 Å². The minimum atomic E-state index is 0.120. The number of rotatable bonds is 4. The van der Waals surface area contributed by atoms with Gasteiger partial charge < -0.3 is 15.0 Å². The molecule has 2 aliphatic rings. The minimum absolute atomic E-state index is 0.120. The number of hydrogen-bond donors (Lipinski definition) is 2. The second kappa shape index (κ2) is 7.14. The molecule has 4 nitrogen and oxygen atoms in total. The molecule has 3 atom stereocenters. The van der Waals surface area contributed by atoms with Crippen molar-refractivity contribution in [3.05, 3.63) is 24.3 Å². The Kier molecular flexibility index (Phi) is 4.98. The third-order valence-corrected chi connectivity index (χ3v) is 5.25. The molecular formula is C18H27N2O2+. The number of hydrogen-bond acceptors (Lipinski definition) is 2. The fourth-order valence-corrected chi connectivity index (χ4v) is 4.20. The summed E-state index contributed by atoms with van der Waals surface area (Å²) in [4.78, 5) is 13.9. The molecule has 0 bridgehead atoms. The fraction of sp³-hybridized carbons (Fsp3) is 0.611. The van der Waals surface area contributed by atoms with Crippen LogP contribution in [0.3, 0.4) is 0 Å². The molecule has 1 aliphatic carbocycles. The minimum Gasteiger partial charge on any atom is -0.497 e. The first kappa shape index (κ1) is 15.3. The third-order valence-electron chi connectivity index (χ3n) is 5.25. The quantitative estimate of drug-likeness (QED) is 0.892. The molecule has 1 aromatic carbocycles. The third kappa shape index (κ3) is 3.61. The molecule has 4 heteroatoms. The summed E-state index contributed by atoms with van der Waals surface area (Å²) in [6.45, 7) is 1.74. The predicted octanol–water partition coefficient (Wildman–Crippen LogP) is 1.87. The molecule has 0 spiro atoms. The lowest BCUT2D eigenvalue weighted by Crippen LogP contribution is -3.18. The molecule has 3 rings (SSSR count). The number of methoxy groups -OCH3 is 1. The van der Waals surface area contributed by atoms with Crippen molar-refractivity contribution in [2.24, 2.45) is 5.92 Å². The lowest BCUT2D eigenvalue weighted by atomic mass is 9.78.